The van der Waals surface area contributed by atoms with Gasteiger partial charge in [0.15, 0.2) is 0 Å². The van der Waals surface area contributed by atoms with E-state index >= 15 is 0 Å². The number of ether oxygens (including phenoxy) is 1. The molecular formula is C22H25ClN2O3. The number of nitrogens with one attached hydrogen (secondary N) is 1. The number of rotatable bonds is 5. The Balaban J connectivity index is 1.44. The number of aromatic nitrogens is 1. The summed E-state index contributed by atoms with van der Waals surface area (Å²) in [6, 6.07) is 13.9. The van der Waals surface area contributed by atoms with Crippen molar-refractivity contribution in [3.8, 4) is 5.75 Å². The van der Waals surface area contributed by atoms with Gasteiger partial charge in [-0.25, -0.2) is 0 Å². The number of aromatic amines is 1. The Morgan fingerprint density at radius 1 is 1.25 bits per heavy atom. The van der Waals surface area contributed by atoms with Crippen LogP contribution in [0.25, 0.3) is 10.9 Å². The van der Waals surface area contributed by atoms with Gasteiger partial charge >= 0.3 is 0 Å². The summed E-state index contributed by atoms with van der Waals surface area (Å²) in [6.07, 6.45) is 1.59. The minimum Gasteiger partial charge on any atom is -0.489 e. The fraction of sp³-hybridized carbons (Fsp3) is 0.364. The van der Waals surface area contributed by atoms with Crippen molar-refractivity contribution in [1.29, 1.82) is 0 Å². The fourth-order valence-electron chi connectivity index (χ4n) is 3.81. The highest BCUT2D eigenvalue weighted by molar-refractivity contribution is 6.32. The molecule has 1 aromatic heterocycles. The highest BCUT2D eigenvalue weighted by Gasteiger charge is 2.42. The summed E-state index contributed by atoms with van der Waals surface area (Å²) in [5.41, 5.74) is 1.97. The number of piperidine rings is 1. The van der Waals surface area contributed by atoms with Crippen LogP contribution in [0.2, 0.25) is 5.02 Å². The van der Waals surface area contributed by atoms with Crippen LogP contribution in [0.5, 0.6) is 5.75 Å². The molecule has 2 heterocycles. The standard InChI is InChI=1S/C22H25ClN2O3/c1-15-2-4-18(23)20(10-15)28-14-22(27)13-25(9-7-21(22)26)12-16-3-5-19-17(11-16)6-8-24-19/h2-6,8,10-11,21,24,26-27H,7,9,12-14H2,1H3/t21-,22-/m0/s1. The third kappa shape index (κ3) is 4.03. The molecule has 0 saturated carbocycles. The largest absolute Gasteiger partial charge is 0.489 e. The van der Waals surface area contributed by atoms with Gasteiger partial charge in [0.05, 0.1) is 11.1 Å². The van der Waals surface area contributed by atoms with Gasteiger partial charge in [0.1, 0.15) is 18.0 Å². The predicted molar refractivity (Wildman–Crippen MR) is 111 cm³/mol. The predicted octanol–water partition coefficient (Wildman–Crippen LogP) is 3.51. The van der Waals surface area contributed by atoms with Crippen molar-refractivity contribution in [2.24, 2.45) is 0 Å². The average Bonchev–Trinajstić information content (AvgIpc) is 3.13. The minimum atomic E-state index is -1.34. The average molecular weight is 401 g/mol. The summed E-state index contributed by atoms with van der Waals surface area (Å²) in [7, 11) is 0. The van der Waals surface area contributed by atoms with E-state index in [0.717, 1.165) is 17.6 Å². The number of hydrogen-bond donors (Lipinski definition) is 3. The zero-order chi connectivity index (χ0) is 19.7. The first-order valence-corrected chi connectivity index (χ1v) is 9.88. The van der Waals surface area contributed by atoms with Crippen LogP contribution in [0.15, 0.2) is 48.7 Å². The molecule has 0 radical (unpaired) electrons. The van der Waals surface area contributed by atoms with E-state index in [1.807, 2.05) is 25.3 Å². The molecule has 0 bridgehead atoms. The van der Waals surface area contributed by atoms with E-state index in [1.54, 1.807) is 6.07 Å². The summed E-state index contributed by atoms with van der Waals surface area (Å²) in [5.74, 6) is 0.525. The van der Waals surface area contributed by atoms with Gasteiger partial charge in [-0.2, -0.15) is 0 Å². The molecule has 2 aromatic carbocycles. The Hall–Kier alpha value is -2.05. The summed E-state index contributed by atoms with van der Waals surface area (Å²) in [5, 5.41) is 23.2. The molecule has 0 unspecified atom stereocenters. The third-order valence-electron chi connectivity index (χ3n) is 5.42. The lowest BCUT2D eigenvalue weighted by Gasteiger charge is -2.42. The minimum absolute atomic E-state index is 0.00924. The van der Waals surface area contributed by atoms with Crippen LogP contribution in [0.4, 0.5) is 0 Å². The van der Waals surface area contributed by atoms with Gasteiger partial charge in [-0.05, 0) is 60.2 Å². The second kappa shape index (κ2) is 7.76. The first kappa shape index (κ1) is 19.3. The van der Waals surface area contributed by atoms with Crippen molar-refractivity contribution in [3.05, 3.63) is 64.8 Å². The van der Waals surface area contributed by atoms with Gasteiger partial charge in [-0.15, -0.1) is 0 Å². The van der Waals surface area contributed by atoms with E-state index < -0.39 is 11.7 Å². The smallest absolute Gasteiger partial charge is 0.138 e. The van der Waals surface area contributed by atoms with Crippen LogP contribution in [-0.4, -0.2) is 51.5 Å². The topological polar surface area (TPSA) is 68.7 Å². The van der Waals surface area contributed by atoms with Gasteiger partial charge in [0.25, 0.3) is 0 Å². The van der Waals surface area contributed by atoms with E-state index in [9.17, 15) is 10.2 Å². The molecule has 2 atom stereocenters. The number of likely N-dealkylation sites (tertiary alicyclic amines) is 1. The van der Waals surface area contributed by atoms with Crippen molar-refractivity contribution in [3.63, 3.8) is 0 Å². The number of β-amino-alcohol motifs (C(OH)–C–C–N with tert-alkyl or cyclic N) is 1. The lowest BCUT2D eigenvalue weighted by atomic mass is 9.90. The molecule has 3 N–H and O–H groups in total. The number of aryl methyl sites for hydroxylation is 1. The highest BCUT2D eigenvalue weighted by atomic mass is 35.5. The first-order valence-electron chi connectivity index (χ1n) is 9.51. The van der Waals surface area contributed by atoms with Crippen LogP contribution in [-0.2, 0) is 6.54 Å². The molecule has 28 heavy (non-hydrogen) atoms. The Kier molecular flexibility index (Phi) is 5.34. The second-order valence-corrected chi connectivity index (χ2v) is 8.15. The molecule has 148 valence electrons. The van der Waals surface area contributed by atoms with Gasteiger partial charge in [-0.1, -0.05) is 23.7 Å². The number of fused-ring (bicyclic) bond motifs is 1. The monoisotopic (exact) mass is 400 g/mol. The van der Waals surface area contributed by atoms with E-state index in [-0.39, 0.29) is 6.61 Å². The number of nitrogens with zero attached hydrogens (tertiary/aromatic N) is 1. The maximum absolute atomic E-state index is 11.1. The first-order chi connectivity index (χ1) is 13.4. The number of hydrogen-bond acceptors (Lipinski definition) is 4. The summed E-state index contributed by atoms with van der Waals surface area (Å²) < 4.78 is 5.80. The Morgan fingerprint density at radius 2 is 2.11 bits per heavy atom. The van der Waals surface area contributed by atoms with Gasteiger partial charge in [0, 0.05) is 31.3 Å². The van der Waals surface area contributed by atoms with Gasteiger partial charge in [0.2, 0.25) is 0 Å². The van der Waals surface area contributed by atoms with E-state index in [2.05, 4.69) is 34.1 Å². The molecule has 4 rings (SSSR count). The molecule has 1 aliphatic rings. The quantitative estimate of drug-likeness (QED) is 0.613. The molecule has 1 aliphatic heterocycles. The van der Waals surface area contributed by atoms with Crippen molar-refractivity contribution in [2.75, 3.05) is 19.7 Å². The van der Waals surface area contributed by atoms with Crippen molar-refractivity contribution >= 4 is 22.5 Å². The van der Waals surface area contributed by atoms with E-state index in [0.29, 0.717) is 30.3 Å². The van der Waals surface area contributed by atoms with Crippen molar-refractivity contribution < 1.29 is 14.9 Å². The molecule has 6 heteroatoms. The molecule has 1 fully saturated rings. The number of benzene rings is 2. The molecular weight excluding hydrogens is 376 g/mol. The zero-order valence-electron chi connectivity index (χ0n) is 15.9. The molecule has 0 aliphatic carbocycles. The number of halogens is 1. The summed E-state index contributed by atoms with van der Waals surface area (Å²) in [6.45, 7) is 3.71. The molecule has 0 spiro atoms. The maximum atomic E-state index is 11.1. The van der Waals surface area contributed by atoms with E-state index in [1.165, 1.54) is 10.9 Å². The molecule has 0 amide bonds. The SMILES string of the molecule is Cc1ccc(Cl)c(OC[C@@]2(O)CN(Cc3ccc4[nH]ccc4c3)CC[C@@H]2O)c1. The number of aliphatic hydroxyl groups is 2. The normalized spacial score (nSPS) is 23.2. The molecule has 3 aromatic rings. The van der Waals surface area contributed by atoms with Crippen LogP contribution in [0.1, 0.15) is 17.5 Å². The van der Waals surface area contributed by atoms with Crippen LogP contribution in [0.3, 0.4) is 0 Å². The number of aliphatic hydroxyl groups excluding tert-OH is 1. The third-order valence-corrected chi connectivity index (χ3v) is 5.74. The fourth-order valence-corrected chi connectivity index (χ4v) is 3.98. The van der Waals surface area contributed by atoms with Gasteiger partial charge in [-0.3, -0.25) is 4.90 Å². The van der Waals surface area contributed by atoms with Crippen LogP contribution < -0.4 is 4.74 Å². The Bertz CT molecular complexity index is 973. The second-order valence-electron chi connectivity index (χ2n) is 7.74. The van der Waals surface area contributed by atoms with Crippen molar-refractivity contribution in [2.45, 2.75) is 31.6 Å². The summed E-state index contributed by atoms with van der Waals surface area (Å²) >= 11 is 6.19. The molecule has 1 saturated heterocycles. The van der Waals surface area contributed by atoms with Gasteiger partial charge < -0.3 is 19.9 Å². The van der Waals surface area contributed by atoms with Crippen LogP contribution in [0, 0.1) is 6.92 Å². The Labute approximate surface area is 169 Å². The highest BCUT2D eigenvalue weighted by Crippen LogP contribution is 2.29. The number of H-pyrrole nitrogens is 1. The zero-order valence-corrected chi connectivity index (χ0v) is 16.6. The maximum Gasteiger partial charge on any atom is 0.138 e. The molecule has 5 nitrogen and oxygen atoms in total. The van der Waals surface area contributed by atoms with Crippen LogP contribution >= 0.6 is 11.6 Å². The summed E-state index contributed by atoms with van der Waals surface area (Å²) in [4.78, 5) is 5.35. The van der Waals surface area contributed by atoms with E-state index in [4.69, 9.17) is 16.3 Å². The lowest BCUT2D eigenvalue weighted by molar-refractivity contribution is -0.140. The lowest BCUT2D eigenvalue weighted by Crippen LogP contribution is -2.59. The Morgan fingerprint density at radius 3 is 2.96 bits per heavy atom. The van der Waals surface area contributed by atoms with Crippen molar-refractivity contribution in [1.82, 2.24) is 9.88 Å².